The molecule has 3 aliphatic rings. The van der Waals surface area contributed by atoms with Crippen LogP contribution in [0.25, 0.3) is 0 Å². The van der Waals surface area contributed by atoms with Crippen LogP contribution in [0.1, 0.15) is 57.4 Å². The van der Waals surface area contributed by atoms with E-state index < -0.39 is 0 Å². The van der Waals surface area contributed by atoms with Crippen LogP contribution in [0.4, 0.5) is 0 Å². The molecular formula is C27H42N4O2. The van der Waals surface area contributed by atoms with E-state index in [-0.39, 0.29) is 35.9 Å². The van der Waals surface area contributed by atoms with E-state index in [0.717, 1.165) is 64.7 Å². The summed E-state index contributed by atoms with van der Waals surface area (Å²) >= 11 is 0. The zero-order valence-corrected chi connectivity index (χ0v) is 20.5. The lowest BCUT2D eigenvalue weighted by Crippen LogP contribution is -2.58. The molecular weight excluding hydrogens is 412 g/mol. The number of rotatable bonds is 8. The van der Waals surface area contributed by atoms with E-state index in [1.54, 1.807) is 7.05 Å². The van der Waals surface area contributed by atoms with E-state index in [9.17, 15) is 9.59 Å². The number of piperidine rings is 1. The summed E-state index contributed by atoms with van der Waals surface area (Å²) in [5.74, 6) is 0.957. The van der Waals surface area contributed by atoms with Crippen LogP contribution in [0.2, 0.25) is 0 Å². The number of likely N-dealkylation sites (N-methyl/N-ethyl adjacent to an activating group) is 1. The minimum atomic E-state index is -0.382. The Bertz CT molecular complexity index is 780. The molecule has 2 saturated heterocycles. The molecule has 2 amide bonds. The Morgan fingerprint density at radius 1 is 1.03 bits per heavy atom. The van der Waals surface area contributed by atoms with Gasteiger partial charge in [0.15, 0.2) is 0 Å². The smallest absolute Gasteiger partial charge is 0.245 e. The molecule has 3 fully saturated rings. The SMILES string of the molecule is CNC(C)C(=O)NC(C(=O)N1CCC2CCN(CCc3ccccc3)CC21)C1CCCCC1. The van der Waals surface area contributed by atoms with Crippen LogP contribution >= 0.6 is 0 Å². The van der Waals surface area contributed by atoms with Crippen LogP contribution in [-0.4, -0.2) is 73.0 Å². The maximum Gasteiger partial charge on any atom is 0.245 e. The normalized spacial score (nSPS) is 25.9. The summed E-state index contributed by atoms with van der Waals surface area (Å²) in [5, 5.41) is 6.18. The summed E-state index contributed by atoms with van der Waals surface area (Å²) in [5.41, 5.74) is 1.37. The van der Waals surface area contributed by atoms with E-state index >= 15 is 0 Å². The Morgan fingerprint density at radius 3 is 2.48 bits per heavy atom. The van der Waals surface area contributed by atoms with Gasteiger partial charge in [0.05, 0.1) is 6.04 Å². The second-order valence-electron chi connectivity index (χ2n) is 10.4. The Morgan fingerprint density at radius 2 is 1.76 bits per heavy atom. The Labute approximate surface area is 199 Å². The van der Waals surface area contributed by atoms with E-state index in [0.29, 0.717) is 5.92 Å². The van der Waals surface area contributed by atoms with Crippen LogP contribution in [0.5, 0.6) is 0 Å². The van der Waals surface area contributed by atoms with Gasteiger partial charge in [-0.05, 0) is 70.0 Å². The van der Waals surface area contributed by atoms with Gasteiger partial charge in [0.25, 0.3) is 0 Å². The van der Waals surface area contributed by atoms with E-state index in [4.69, 9.17) is 0 Å². The van der Waals surface area contributed by atoms with Gasteiger partial charge in [-0.1, -0.05) is 49.6 Å². The molecule has 1 aliphatic carbocycles. The summed E-state index contributed by atoms with van der Waals surface area (Å²) in [7, 11) is 1.79. The Kier molecular flexibility index (Phi) is 8.42. The summed E-state index contributed by atoms with van der Waals surface area (Å²) in [6.45, 7) is 5.81. The fourth-order valence-electron chi connectivity index (χ4n) is 6.05. The van der Waals surface area contributed by atoms with Crippen LogP contribution in [0.3, 0.4) is 0 Å². The number of hydrogen-bond acceptors (Lipinski definition) is 4. The molecule has 4 atom stereocenters. The highest BCUT2D eigenvalue weighted by Crippen LogP contribution is 2.34. The summed E-state index contributed by atoms with van der Waals surface area (Å²) in [6, 6.07) is 10.3. The molecule has 182 valence electrons. The number of hydrogen-bond donors (Lipinski definition) is 2. The molecule has 0 aromatic heterocycles. The van der Waals surface area contributed by atoms with Gasteiger partial charge in [-0.25, -0.2) is 0 Å². The van der Waals surface area contributed by atoms with Crippen molar-refractivity contribution in [2.24, 2.45) is 11.8 Å². The first-order valence-corrected chi connectivity index (χ1v) is 13.1. The number of likely N-dealkylation sites (tertiary alicyclic amines) is 2. The minimum Gasteiger partial charge on any atom is -0.343 e. The molecule has 6 heteroatoms. The summed E-state index contributed by atoms with van der Waals surface area (Å²) < 4.78 is 0. The number of fused-ring (bicyclic) bond motifs is 1. The zero-order chi connectivity index (χ0) is 23.2. The highest BCUT2D eigenvalue weighted by molar-refractivity contribution is 5.90. The highest BCUT2D eigenvalue weighted by Gasteiger charge is 2.44. The minimum absolute atomic E-state index is 0.0645. The molecule has 0 bridgehead atoms. The number of carbonyl (C=O) groups excluding carboxylic acids is 2. The molecule has 0 radical (unpaired) electrons. The molecule has 4 unspecified atom stereocenters. The van der Waals surface area contributed by atoms with Gasteiger partial charge in [0.1, 0.15) is 6.04 Å². The Balaban J connectivity index is 1.42. The van der Waals surface area contributed by atoms with E-state index in [2.05, 4.69) is 50.8 Å². The first-order valence-electron chi connectivity index (χ1n) is 13.1. The number of carbonyl (C=O) groups is 2. The zero-order valence-electron chi connectivity index (χ0n) is 20.5. The summed E-state index contributed by atoms with van der Waals surface area (Å²) in [6.07, 6.45) is 8.95. The third-order valence-electron chi connectivity index (χ3n) is 8.30. The summed E-state index contributed by atoms with van der Waals surface area (Å²) in [4.78, 5) is 31.3. The first-order chi connectivity index (χ1) is 16.1. The van der Waals surface area contributed by atoms with Crippen molar-refractivity contribution in [3.8, 4) is 0 Å². The molecule has 0 spiro atoms. The predicted molar refractivity (Wildman–Crippen MR) is 132 cm³/mol. The molecule has 2 N–H and O–H groups in total. The van der Waals surface area contributed by atoms with E-state index in [1.165, 1.54) is 18.4 Å². The lowest BCUT2D eigenvalue weighted by Gasteiger charge is -2.41. The average Bonchev–Trinajstić information content (AvgIpc) is 3.29. The molecule has 2 aliphatic heterocycles. The molecule has 1 aromatic carbocycles. The van der Waals surface area contributed by atoms with Crippen LogP contribution < -0.4 is 10.6 Å². The number of benzene rings is 1. The Hall–Kier alpha value is -1.92. The van der Waals surface area contributed by atoms with Gasteiger partial charge in [0.2, 0.25) is 11.8 Å². The standard InChI is InChI=1S/C27H42N4O2/c1-20(28-2)26(32)29-25(23-11-7-4-8-12-23)27(33)31-18-15-22-14-17-30(19-24(22)31)16-13-21-9-5-3-6-10-21/h3,5-6,9-10,20,22-25,28H,4,7-8,11-19H2,1-2H3,(H,29,32). The molecule has 33 heavy (non-hydrogen) atoms. The average molecular weight is 455 g/mol. The molecule has 1 saturated carbocycles. The van der Waals surface area contributed by atoms with Gasteiger partial charge in [-0.3, -0.25) is 9.59 Å². The maximum atomic E-state index is 13.9. The second-order valence-corrected chi connectivity index (χ2v) is 10.4. The van der Waals surface area contributed by atoms with Crippen molar-refractivity contribution in [1.29, 1.82) is 0 Å². The van der Waals surface area contributed by atoms with Crippen molar-refractivity contribution in [2.75, 3.05) is 33.2 Å². The van der Waals surface area contributed by atoms with Gasteiger partial charge < -0.3 is 20.4 Å². The fraction of sp³-hybridized carbons (Fsp3) is 0.704. The number of nitrogens with zero attached hydrogens (tertiary/aromatic N) is 2. The van der Waals surface area contributed by atoms with Gasteiger partial charge >= 0.3 is 0 Å². The van der Waals surface area contributed by atoms with Crippen LogP contribution in [-0.2, 0) is 16.0 Å². The monoisotopic (exact) mass is 454 g/mol. The van der Waals surface area contributed by atoms with Crippen molar-refractivity contribution >= 4 is 11.8 Å². The first kappa shape index (κ1) is 24.2. The van der Waals surface area contributed by atoms with Crippen molar-refractivity contribution in [3.05, 3.63) is 35.9 Å². The fourth-order valence-corrected chi connectivity index (χ4v) is 6.05. The maximum absolute atomic E-state index is 13.9. The van der Waals surface area contributed by atoms with Gasteiger partial charge in [-0.15, -0.1) is 0 Å². The third-order valence-corrected chi connectivity index (χ3v) is 8.30. The number of nitrogens with one attached hydrogen (secondary N) is 2. The van der Waals surface area contributed by atoms with Crippen molar-refractivity contribution in [3.63, 3.8) is 0 Å². The van der Waals surface area contributed by atoms with Crippen LogP contribution in [0, 0.1) is 11.8 Å². The lowest BCUT2D eigenvalue weighted by molar-refractivity contribution is -0.140. The lowest BCUT2D eigenvalue weighted by atomic mass is 9.83. The quantitative estimate of drug-likeness (QED) is 0.634. The van der Waals surface area contributed by atoms with Crippen molar-refractivity contribution in [1.82, 2.24) is 20.4 Å². The van der Waals surface area contributed by atoms with Crippen molar-refractivity contribution in [2.45, 2.75) is 76.4 Å². The van der Waals surface area contributed by atoms with Gasteiger partial charge in [-0.2, -0.15) is 0 Å². The molecule has 1 aromatic rings. The third kappa shape index (κ3) is 5.96. The van der Waals surface area contributed by atoms with Gasteiger partial charge in [0, 0.05) is 25.7 Å². The second kappa shape index (κ2) is 11.5. The highest BCUT2D eigenvalue weighted by atomic mass is 16.2. The number of amides is 2. The topological polar surface area (TPSA) is 64.7 Å². The largest absolute Gasteiger partial charge is 0.343 e. The molecule has 6 nitrogen and oxygen atoms in total. The van der Waals surface area contributed by atoms with Crippen molar-refractivity contribution < 1.29 is 9.59 Å². The van der Waals surface area contributed by atoms with Crippen LogP contribution in [0.15, 0.2) is 30.3 Å². The molecule has 2 heterocycles. The predicted octanol–water partition coefficient (Wildman–Crippen LogP) is 2.82. The van der Waals surface area contributed by atoms with E-state index in [1.807, 2.05) is 6.92 Å². The molecule has 4 rings (SSSR count).